The summed E-state index contributed by atoms with van der Waals surface area (Å²) in [5.41, 5.74) is 0. The minimum Gasteiger partial charge on any atom is -0.352 e. The van der Waals surface area contributed by atoms with Gasteiger partial charge in [-0.2, -0.15) is 4.98 Å². The molecule has 0 aliphatic rings. The average molecular weight is 212 g/mol. The van der Waals surface area contributed by atoms with E-state index in [4.69, 9.17) is 4.52 Å². The van der Waals surface area contributed by atoms with E-state index >= 15 is 0 Å². The Morgan fingerprint density at radius 1 is 1.60 bits per heavy atom. The number of hydrogen-bond acceptors (Lipinski definition) is 5. The molecule has 0 aliphatic heterocycles. The molecule has 6 heteroatoms. The summed E-state index contributed by atoms with van der Waals surface area (Å²) in [5, 5.41) is 9.20. The van der Waals surface area contributed by atoms with Crippen LogP contribution in [0.5, 0.6) is 0 Å². The first kappa shape index (κ1) is 11.6. The molecular formula is C9H16N4O2. The van der Waals surface area contributed by atoms with Crippen molar-refractivity contribution < 1.29 is 9.32 Å². The normalized spacial score (nSPS) is 12.5. The molecule has 0 fully saturated rings. The largest absolute Gasteiger partial charge is 0.352 e. The van der Waals surface area contributed by atoms with E-state index in [0.717, 1.165) is 13.1 Å². The summed E-state index contributed by atoms with van der Waals surface area (Å²) in [7, 11) is 1.53. The van der Waals surface area contributed by atoms with Crippen molar-refractivity contribution in [3.63, 3.8) is 0 Å². The zero-order valence-corrected chi connectivity index (χ0v) is 9.20. The van der Waals surface area contributed by atoms with Crippen molar-refractivity contribution >= 4 is 5.91 Å². The fourth-order valence-electron chi connectivity index (χ4n) is 1.09. The van der Waals surface area contributed by atoms with Crippen molar-refractivity contribution in [2.24, 2.45) is 0 Å². The van der Waals surface area contributed by atoms with Gasteiger partial charge in [-0.15, -0.1) is 0 Å². The van der Waals surface area contributed by atoms with E-state index in [0.29, 0.717) is 5.89 Å². The highest BCUT2D eigenvalue weighted by Crippen LogP contribution is 2.11. The van der Waals surface area contributed by atoms with Crippen molar-refractivity contribution in [3.8, 4) is 0 Å². The van der Waals surface area contributed by atoms with E-state index in [1.54, 1.807) is 0 Å². The van der Waals surface area contributed by atoms with E-state index in [2.05, 4.69) is 20.8 Å². The van der Waals surface area contributed by atoms with Crippen molar-refractivity contribution in [3.05, 3.63) is 11.7 Å². The van der Waals surface area contributed by atoms with Crippen LogP contribution in [0.4, 0.5) is 0 Å². The molecule has 2 N–H and O–H groups in total. The Morgan fingerprint density at radius 3 is 2.93 bits per heavy atom. The summed E-state index contributed by atoms with van der Waals surface area (Å²) < 4.78 is 4.98. The molecule has 0 radical (unpaired) electrons. The molecule has 1 atom stereocenters. The summed E-state index contributed by atoms with van der Waals surface area (Å²) in [5.74, 6) is 0.335. The van der Waals surface area contributed by atoms with E-state index in [1.165, 1.54) is 7.05 Å². The van der Waals surface area contributed by atoms with Gasteiger partial charge in [-0.3, -0.25) is 4.79 Å². The molecule has 84 valence electrons. The summed E-state index contributed by atoms with van der Waals surface area (Å²) >= 11 is 0. The summed E-state index contributed by atoms with van der Waals surface area (Å²) in [6, 6.07) is 0. The summed E-state index contributed by atoms with van der Waals surface area (Å²) in [6.45, 7) is 5.63. The average Bonchev–Trinajstić information content (AvgIpc) is 2.74. The van der Waals surface area contributed by atoms with Crippen molar-refractivity contribution in [1.29, 1.82) is 0 Å². The molecule has 0 saturated heterocycles. The monoisotopic (exact) mass is 212 g/mol. The van der Waals surface area contributed by atoms with Crippen LogP contribution in [0.1, 0.15) is 36.3 Å². The molecule has 1 unspecified atom stereocenters. The van der Waals surface area contributed by atoms with Crippen LogP contribution in [0.3, 0.4) is 0 Å². The molecule has 0 bridgehead atoms. The maximum absolute atomic E-state index is 11.2. The van der Waals surface area contributed by atoms with Gasteiger partial charge in [-0.05, 0) is 6.54 Å². The fraction of sp³-hybridized carbons (Fsp3) is 0.667. The molecule has 0 aliphatic carbocycles. The lowest BCUT2D eigenvalue weighted by atomic mass is 10.2. The van der Waals surface area contributed by atoms with Crippen LogP contribution in [-0.4, -0.2) is 36.2 Å². The predicted molar refractivity (Wildman–Crippen MR) is 54.6 cm³/mol. The first-order chi connectivity index (χ1) is 7.19. The molecule has 0 aromatic carbocycles. The minimum absolute atomic E-state index is 0.0795. The third-order valence-electron chi connectivity index (χ3n) is 1.99. The number of carbonyl (C=O) groups is 1. The summed E-state index contributed by atoms with van der Waals surface area (Å²) in [4.78, 5) is 15.2. The van der Waals surface area contributed by atoms with Gasteiger partial charge in [0.05, 0.1) is 0 Å². The van der Waals surface area contributed by atoms with E-state index in [-0.39, 0.29) is 17.6 Å². The Kier molecular flexibility index (Phi) is 4.23. The van der Waals surface area contributed by atoms with Gasteiger partial charge < -0.3 is 15.2 Å². The molecule has 15 heavy (non-hydrogen) atoms. The molecule has 1 aromatic heterocycles. The highest BCUT2D eigenvalue weighted by atomic mass is 16.5. The second kappa shape index (κ2) is 5.45. The van der Waals surface area contributed by atoms with Gasteiger partial charge in [0.25, 0.3) is 11.7 Å². The third-order valence-corrected chi connectivity index (χ3v) is 1.99. The third kappa shape index (κ3) is 3.02. The lowest BCUT2D eigenvalue weighted by Crippen LogP contribution is -2.21. The summed E-state index contributed by atoms with van der Waals surface area (Å²) in [6.07, 6.45) is 0. The van der Waals surface area contributed by atoms with Crippen molar-refractivity contribution in [1.82, 2.24) is 20.8 Å². The van der Waals surface area contributed by atoms with Crippen LogP contribution < -0.4 is 10.6 Å². The van der Waals surface area contributed by atoms with Gasteiger partial charge in [0.2, 0.25) is 5.89 Å². The van der Waals surface area contributed by atoms with Gasteiger partial charge in [-0.1, -0.05) is 19.0 Å². The quantitative estimate of drug-likeness (QED) is 0.725. The number of rotatable bonds is 5. The molecule has 1 amide bonds. The second-order valence-corrected chi connectivity index (χ2v) is 3.24. The molecule has 1 rings (SSSR count). The maximum atomic E-state index is 11.2. The van der Waals surface area contributed by atoms with Crippen LogP contribution in [0.25, 0.3) is 0 Å². The molecule has 1 aromatic rings. The number of likely N-dealkylation sites (N-methyl/N-ethyl adjacent to an activating group) is 1. The Labute approximate surface area is 88.4 Å². The standard InChI is InChI=1S/C9H16N4O2/c1-4-11-5-6(2)9-12-7(13-15-9)8(14)10-3/h6,11H,4-5H2,1-3H3,(H,10,14). The van der Waals surface area contributed by atoms with Crippen molar-refractivity contribution in [2.75, 3.05) is 20.1 Å². The molecular weight excluding hydrogens is 196 g/mol. The number of amides is 1. The van der Waals surface area contributed by atoms with Gasteiger partial charge in [0.15, 0.2) is 0 Å². The number of carbonyl (C=O) groups excluding carboxylic acids is 1. The minimum atomic E-state index is -0.333. The molecule has 6 nitrogen and oxygen atoms in total. The molecule has 0 saturated carbocycles. The SMILES string of the molecule is CCNCC(C)c1nc(C(=O)NC)no1. The van der Waals surface area contributed by atoms with Gasteiger partial charge >= 0.3 is 0 Å². The lowest BCUT2D eigenvalue weighted by Gasteiger charge is -2.05. The van der Waals surface area contributed by atoms with Crippen LogP contribution in [-0.2, 0) is 0 Å². The predicted octanol–water partition coefficient (Wildman–Crippen LogP) is 0.142. The Morgan fingerprint density at radius 2 is 2.33 bits per heavy atom. The van der Waals surface area contributed by atoms with E-state index < -0.39 is 0 Å². The zero-order valence-electron chi connectivity index (χ0n) is 9.20. The fourth-order valence-corrected chi connectivity index (χ4v) is 1.09. The topological polar surface area (TPSA) is 80.0 Å². The Bertz CT molecular complexity index is 324. The number of aromatic nitrogens is 2. The number of nitrogens with one attached hydrogen (secondary N) is 2. The Hall–Kier alpha value is -1.43. The van der Waals surface area contributed by atoms with Gasteiger partial charge in [-0.25, -0.2) is 0 Å². The lowest BCUT2D eigenvalue weighted by molar-refractivity contribution is 0.0950. The molecule has 0 spiro atoms. The van der Waals surface area contributed by atoms with Crippen LogP contribution in [0.15, 0.2) is 4.52 Å². The Balaban J connectivity index is 2.62. The maximum Gasteiger partial charge on any atom is 0.292 e. The van der Waals surface area contributed by atoms with Gasteiger partial charge in [0.1, 0.15) is 0 Å². The number of hydrogen-bond donors (Lipinski definition) is 2. The smallest absolute Gasteiger partial charge is 0.292 e. The highest BCUT2D eigenvalue weighted by Gasteiger charge is 2.17. The second-order valence-electron chi connectivity index (χ2n) is 3.24. The highest BCUT2D eigenvalue weighted by molar-refractivity contribution is 5.89. The van der Waals surface area contributed by atoms with E-state index in [1.807, 2.05) is 13.8 Å². The first-order valence-electron chi connectivity index (χ1n) is 4.95. The van der Waals surface area contributed by atoms with E-state index in [9.17, 15) is 4.79 Å². The first-order valence-corrected chi connectivity index (χ1v) is 4.95. The van der Waals surface area contributed by atoms with Gasteiger partial charge in [0, 0.05) is 19.5 Å². The van der Waals surface area contributed by atoms with Crippen LogP contribution in [0.2, 0.25) is 0 Å². The zero-order chi connectivity index (χ0) is 11.3. The van der Waals surface area contributed by atoms with Crippen LogP contribution >= 0.6 is 0 Å². The van der Waals surface area contributed by atoms with Crippen molar-refractivity contribution in [2.45, 2.75) is 19.8 Å². The number of nitrogens with zero attached hydrogens (tertiary/aromatic N) is 2. The van der Waals surface area contributed by atoms with Crippen LogP contribution in [0, 0.1) is 0 Å². The molecule has 1 heterocycles.